The van der Waals surface area contributed by atoms with Gasteiger partial charge in [0, 0.05) is 34.9 Å². The van der Waals surface area contributed by atoms with Crippen molar-refractivity contribution in [1.82, 2.24) is 29.5 Å². The van der Waals surface area contributed by atoms with E-state index in [4.69, 9.17) is 16.0 Å². The fourth-order valence-corrected chi connectivity index (χ4v) is 3.62. The van der Waals surface area contributed by atoms with Crippen LogP contribution in [0.15, 0.2) is 47.4 Å². The fraction of sp³-hybridized carbons (Fsp3) is 0.0556. The number of rotatable bonds is 4. The van der Waals surface area contributed by atoms with Crippen LogP contribution in [0.25, 0.3) is 33.7 Å². The number of oxazole rings is 1. The van der Waals surface area contributed by atoms with Crippen LogP contribution in [0.1, 0.15) is 5.76 Å². The van der Waals surface area contributed by atoms with Gasteiger partial charge < -0.3 is 9.73 Å². The summed E-state index contributed by atoms with van der Waals surface area (Å²) in [6, 6.07) is 5.68. The van der Waals surface area contributed by atoms with E-state index in [-0.39, 0.29) is 0 Å². The fourth-order valence-electron chi connectivity index (χ4n) is 2.75. The Hall–Kier alpha value is -3.30. The second kappa shape index (κ2) is 6.70. The number of aromatic amines is 1. The summed E-state index contributed by atoms with van der Waals surface area (Å²) in [6.07, 6.45) is 6.76. The van der Waals surface area contributed by atoms with Gasteiger partial charge in [0.1, 0.15) is 5.76 Å². The number of anilines is 2. The van der Waals surface area contributed by atoms with E-state index in [1.165, 1.54) is 11.5 Å². The highest BCUT2D eigenvalue weighted by Crippen LogP contribution is 2.33. The molecule has 5 aromatic rings. The lowest BCUT2D eigenvalue weighted by Crippen LogP contribution is -1.91. The molecule has 0 spiro atoms. The van der Waals surface area contributed by atoms with E-state index in [1.807, 2.05) is 25.1 Å². The number of pyridine rings is 1. The molecule has 1 aromatic carbocycles. The maximum absolute atomic E-state index is 6.45. The molecule has 4 heterocycles. The van der Waals surface area contributed by atoms with Crippen molar-refractivity contribution in [2.45, 2.75) is 6.92 Å². The predicted octanol–water partition coefficient (Wildman–Crippen LogP) is 4.84. The summed E-state index contributed by atoms with van der Waals surface area (Å²) in [5.41, 5.74) is 3.15. The van der Waals surface area contributed by atoms with E-state index in [1.54, 1.807) is 24.8 Å². The van der Waals surface area contributed by atoms with Crippen LogP contribution in [0.5, 0.6) is 0 Å². The molecule has 10 heteroatoms. The number of hydrogen-bond donors (Lipinski definition) is 2. The molecule has 0 unspecified atom stereocenters. The highest BCUT2D eigenvalue weighted by Gasteiger charge is 2.13. The lowest BCUT2D eigenvalue weighted by molar-refractivity contribution is 0.542. The summed E-state index contributed by atoms with van der Waals surface area (Å²) < 4.78 is 9.98. The molecule has 0 atom stereocenters. The van der Waals surface area contributed by atoms with Gasteiger partial charge in [-0.3, -0.25) is 10.1 Å². The Morgan fingerprint density at radius 3 is 2.89 bits per heavy atom. The highest BCUT2D eigenvalue weighted by atomic mass is 35.5. The van der Waals surface area contributed by atoms with Gasteiger partial charge in [-0.2, -0.15) is 14.5 Å². The van der Waals surface area contributed by atoms with Gasteiger partial charge in [0.05, 0.1) is 34.2 Å². The van der Waals surface area contributed by atoms with E-state index in [2.05, 4.69) is 34.8 Å². The Kier molecular flexibility index (Phi) is 4.03. The summed E-state index contributed by atoms with van der Waals surface area (Å²) in [4.78, 5) is 13.0. The first-order valence-electron chi connectivity index (χ1n) is 8.28. The Morgan fingerprint density at radius 2 is 2.04 bits per heavy atom. The zero-order valence-corrected chi connectivity index (χ0v) is 16.0. The molecule has 0 aliphatic carbocycles. The van der Waals surface area contributed by atoms with Gasteiger partial charge in [0.15, 0.2) is 5.82 Å². The molecule has 0 radical (unpaired) electrons. The van der Waals surface area contributed by atoms with Crippen LogP contribution in [0.2, 0.25) is 5.02 Å². The van der Waals surface area contributed by atoms with Crippen molar-refractivity contribution < 1.29 is 4.42 Å². The standard InChI is InChI=1S/C18H12ClN7OS/c1-9-5-21-17(27-9)11-4-10(6-20-7-11)16-24-18(28-26-16)23-14-3-2-13-12(15(14)19)8-22-25-13/h2-8H,1H3,(H,22,25)(H,23,24,26). The maximum Gasteiger partial charge on any atom is 0.227 e. The number of nitrogens with zero attached hydrogens (tertiary/aromatic N) is 5. The third kappa shape index (κ3) is 3.00. The molecule has 0 saturated carbocycles. The monoisotopic (exact) mass is 409 g/mol. The number of H-pyrrole nitrogens is 1. The second-order valence-corrected chi connectivity index (χ2v) is 7.17. The molecule has 0 saturated heterocycles. The Morgan fingerprint density at radius 1 is 1.14 bits per heavy atom. The molecule has 0 aliphatic heterocycles. The Labute approximate surface area is 167 Å². The van der Waals surface area contributed by atoms with Gasteiger partial charge >= 0.3 is 0 Å². The average Bonchev–Trinajstić information content (AvgIpc) is 3.45. The first-order chi connectivity index (χ1) is 13.7. The Bertz CT molecular complexity index is 1290. The smallest absolute Gasteiger partial charge is 0.227 e. The third-order valence-electron chi connectivity index (χ3n) is 4.09. The molecule has 8 nitrogen and oxygen atoms in total. The van der Waals surface area contributed by atoms with Gasteiger partial charge in [-0.05, 0) is 25.1 Å². The minimum atomic E-state index is 0.514. The molecular formula is C18H12ClN7OS. The van der Waals surface area contributed by atoms with Crippen LogP contribution in [-0.2, 0) is 0 Å². The van der Waals surface area contributed by atoms with Crippen LogP contribution in [0.3, 0.4) is 0 Å². The van der Waals surface area contributed by atoms with Gasteiger partial charge in [0.2, 0.25) is 11.0 Å². The van der Waals surface area contributed by atoms with Crippen LogP contribution in [-0.4, -0.2) is 29.5 Å². The minimum Gasteiger partial charge on any atom is -0.441 e. The lowest BCUT2D eigenvalue weighted by Gasteiger charge is -2.05. The van der Waals surface area contributed by atoms with E-state index in [0.29, 0.717) is 21.9 Å². The van der Waals surface area contributed by atoms with E-state index >= 15 is 0 Å². The predicted molar refractivity (Wildman–Crippen MR) is 108 cm³/mol. The van der Waals surface area contributed by atoms with Crippen LogP contribution >= 0.6 is 23.1 Å². The molecule has 2 N–H and O–H groups in total. The van der Waals surface area contributed by atoms with E-state index < -0.39 is 0 Å². The first kappa shape index (κ1) is 16.8. The molecule has 4 aromatic heterocycles. The quantitative estimate of drug-likeness (QED) is 0.437. The normalized spacial score (nSPS) is 11.2. The first-order valence-corrected chi connectivity index (χ1v) is 9.43. The molecule has 0 amide bonds. The number of nitrogens with one attached hydrogen (secondary N) is 2. The van der Waals surface area contributed by atoms with Crippen molar-refractivity contribution >= 4 is 44.9 Å². The van der Waals surface area contributed by atoms with Crippen molar-refractivity contribution in [3.8, 4) is 22.8 Å². The highest BCUT2D eigenvalue weighted by molar-refractivity contribution is 7.10. The minimum absolute atomic E-state index is 0.514. The Balaban J connectivity index is 1.44. The molecule has 138 valence electrons. The lowest BCUT2D eigenvalue weighted by atomic mass is 10.2. The summed E-state index contributed by atoms with van der Waals surface area (Å²) in [6.45, 7) is 1.85. The van der Waals surface area contributed by atoms with Crippen molar-refractivity contribution in [3.63, 3.8) is 0 Å². The van der Waals surface area contributed by atoms with Crippen LogP contribution in [0.4, 0.5) is 10.8 Å². The topological polar surface area (TPSA) is 105 Å². The molecule has 5 rings (SSSR count). The van der Waals surface area contributed by atoms with Gasteiger partial charge in [-0.25, -0.2) is 4.98 Å². The van der Waals surface area contributed by atoms with Gasteiger partial charge in [0.25, 0.3) is 0 Å². The molecule has 0 fully saturated rings. The zero-order valence-electron chi connectivity index (χ0n) is 14.5. The summed E-state index contributed by atoms with van der Waals surface area (Å²) >= 11 is 7.69. The number of hydrogen-bond acceptors (Lipinski definition) is 8. The van der Waals surface area contributed by atoms with Gasteiger partial charge in [-0.15, -0.1) is 0 Å². The SMILES string of the molecule is Cc1cnc(-c2cncc(-c3nsc(Nc4ccc5[nH]ncc5c4Cl)n3)c2)o1. The summed E-state index contributed by atoms with van der Waals surface area (Å²) in [5, 5.41) is 12.1. The molecule has 28 heavy (non-hydrogen) atoms. The number of aryl methyl sites for hydroxylation is 1. The molecule has 0 aliphatic rings. The van der Waals surface area contributed by atoms with Gasteiger partial charge in [-0.1, -0.05) is 11.6 Å². The average molecular weight is 410 g/mol. The van der Waals surface area contributed by atoms with Crippen molar-refractivity contribution in [2.75, 3.05) is 5.32 Å². The summed E-state index contributed by atoms with van der Waals surface area (Å²) in [5.74, 6) is 1.82. The number of fused-ring (bicyclic) bond motifs is 1. The second-order valence-electron chi connectivity index (χ2n) is 6.04. The van der Waals surface area contributed by atoms with E-state index in [9.17, 15) is 0 Å². The zero-order chi connectivity index (χ0) is 19.1. The number of halogens is 1. The largest absolute Gasteiger partial charge is 0.441 e. The van der Waals surface area contributed by atoms with Crippen molar-refractivity contribution in [1.29, 1.82) is 0 Å². The number of aromatic nitrogens is 6. The summed E-state index contributed by atoms with van der Waals surface area (Å²) in [7, 11) is 0. The van der Waals surface area contributed by atoms with Crippen molar-refractivity contribution in [2.24, 2.45) is 0 Å². The number of benzene rings is 1. The maximum atomic E-state index is 6.45. The van der Waals surface area contributed by atoms with E-state index in [0.717, 1.165) is 33.5 Å². The van der Waals surface area contributed by atoms with Crippen LogP contribution in [0, 0.1) is 6.92 Å². The molecular weight excluding hydrogens is 398 g/mol. The molecule has 0 bridgehead atoms. The van der Waals surface area contributed by atoms with Crippen molar-refractivity contribution in [3.05, 3.63) is 53.8 Å². The van der Waals surface area contributed by atoms with Crippen LogP contribution < -0.4 is 5.32 Å². The third-order valence-corrected chi connectivity index (χ3v) is 5.13.